The molecule has 0 aliphatic rings. The van der Waals surface area contributed by atoms with Gasteiger partial charge in [-0.15, -0.1) is 0 Å². The molecule has 1 aromatic heterocycles. The highest BCUT2D eigenvalue weighted by molar-refractivity contribution is 5.72. The van der Waals surface area contributed by atoms with E-state index in [-0.39, 0.29) is 5.92 Å². The number of benzene rings is 1. The molecule has 1 atom stereocenters. The van der Waals surface area contributed by atoms with Crippen LogP contribution in [0.2, 0.25) is 0 Å². The summed E-state index contributed by atoms with van der Waals surface area (Å²) < 4.78 is 0. The molecular formula is C10H10N4. The Bertz CT molecular complexity index is 447. The molecule has 70 valence electrons. The highest BCUT2D eigenvalue weighted by Gasteiger charge is 2.04. The first-order valence-electron chi connectivity index (χ1n) is 4.49. The largest absolute Gasteiger partial charge is 0.198 e. The van der Waals surface area contributed by atoms with Gasteiger partial charge >= 0.3 is 0 Å². The molecule has 0 spiro atoms. The fourth-order valence-corrected chi connectivity index (χ4v) is 1.27. The summed E-state index contributed by atoms with van der Waals surface area (Å²) >= 11 is 0. The molecule has 0 saturated carbocycles. The molecule has 4 heteroatoms. The first kappa shape index (κ1) is 8.70. The van der Waals surface area contributed by atoms with Gasteiger partial charge in [-0.3, -0.25) is 0 Å². The van der Waals surface area contributed by atoms with Gasteiger partial charge in [0.15, 0.2) is 0 Å². The third kappa shape index (κ3) is 1.57. The number of fused-ring (bicyclic) bond motifs is 1. The number of hydrogen-bond donors (Lipinski definition) is 0. The van der Waals surface area contributed by atoms with Gasteiger partial charge in [-0.1, -0.05) is 12.1 Å². The smallest absolute Gasteiger partial charge is 0.113 e. The average molecular weight is 186 g/mol. The number of nitriles is 1. The standard InChI is InChI=1S/C10H10N4/c1-8(6-11)7-14-12-9-4-2-3-5-10(9)13-14/h2-5,8H,7H2,1H3. The van der Waals surface area contributed by atoms with Crippen LogP contribution >= 0.6 is 0 Å². The van der Waals surface area contributed by atoms with Gasteiger partial charge in [-0.2, -0.15) is 20.3 Å². The summed E-state index contributed by atoms with van der Waals surface area (Å²) in [5, 5.41) is 17.2. The Morgan fingerprint density at radius 3 is 2.43 bits per heavy atom. The Balaban J connectivity index is 2.32. The van der Waals surface area contributed by atoms with Gasteiger partial charge in [0.1, 0.15) is 11.0 Å². The first-order valence-corrected chi connectivity index (χ1v) is 4.49. The zero-order chi connectivity index (χ0) is 9.97. The molecule has 0 fully saturated rings. The van der Waals surface area contributed by atoms with Crippen LogP contribution in [-0.2, 0) is 6.54 Å². The van der Waals surface area contributed by atoms with Crippen molar-refractivity contribution in [3.05, 3.63) is 24.3 Å². The Hall–Kier alpha value is -1.89. The van der Waals surface area contributed by atoms with E-state index in [0.29, 0.717) is 6.54 Å². The minimum absolute atomic E-state index is 0.0585. The fraction of sp³-hybridized carbons (Fsp3) is 0.300. The normalized spacial score (nSPS) is 12.6. The summed E-state index contributed by atoms with van der Waals surface area (Å²) in [6.45, 7) is 2.40. The second kappa shape index (κ2) is 3.46. The van der Waals surface area contributed by atoms with Crippen LogP contribution < -0.4 is 0 Å². The van der Waals surface area contributed by atoms with Crippen molar-refractivity contribution in [3.8, 4) is 6.07 Å². The molecule has 1 aromatic carbocycles. The SMILES string of the molecule is CC(C#N)Cn1nc2ccccc2n1. The molecule has 0 N–H and O–H groups in total. The molecule has 1 heterocycles. The number of hydrogen-bond acceptors (Lipinski definition) is 3. The van der Waals surface area contributed by atoms with Gasteiger partial charge in [0.2, 0.25) is 0 Å². The second-order valence-corrected chi connectivity index (χ2v) is 3.27. The molecule has 14 heavy (non-hydrogen) atoms. The van der Waals surface area contributed by atoms with E-state index < -0.39 is 0 Å². The maximum Gasteiger partial charge on any atom is 0.113 e. The van der Waals surface area contributed by atoms with E-state index in [9.17, 15) is 0 Å². The summed E-state index contributed by atoms with van der Waals surface area (Å²) in [6.07, 6.45) is 0. The van der Waals surface area contributed by atoms with Crippen LogP contribution in [0.25, 0.3) is 11.0 Å². The summed E-state index contributed by atoms with van der Waals surface area (Å²) in [4.78, 5) is 1.58. The maximum atomic E-state index is 8.65. The average Bonchev–Trinajstić information content (AvgIpc) is 2.59. The summed E-state index contributed by atoms with van der Waals surface area (Å²) in [7, 11) is 0. The predicted octanol–water partition coefficient (Wildman–Crippen LogP) is 1.59. The van der Waals surface area contributed by atoms with Crippen molar-refractivity contribution < 1.29 is 0 Å². The predicted molar refractivity (Wildman–Crippen MR) is 52.3 cm³/mol. The summed E-state index contributed by atoms with van der Waals surface area (Å²) in [5.74, 6) is -0.0585. The topological polar surface area (TPSA) is 54.5 Å². The van der Waals surface area contributed by atoms with Crippen molar-refractivity contribution in [2.24, 2.45) is 5.92 Å². The molecule has 1 unspecified atom stereocenters. The molecule has 0 saturated heterocycles. The molecule has 4 nitrogen and oxygen atoms in total. The maximum absolute atomic E-state index is 8.65. The Morgan fingerprint density at radius 2 is 1.93 bits per heavy atom. The monoisotopic (exact) mass is 186 g/mol. The minimum Gasteiger partial charge on any atom is -0.198 e. The van der Waals surface area contributed by atoms with E-state index in [4.69, 9.17) is 5.26 Å². The lowest BCUT2D eigenvalue weighted by atomic mass is 10.2. The Labute approximate surface area is 81.8 Å². The number of nitrogens with zero attached hydrogens (tertiary/aromatic N) is 4. The van der Waals surface area contributed by atoms with Gasteiger partial charge < -0.3 is 0 Å². The zero-order valence-corrected chi connectivity index (χ0v) is 7.88. The highest BCUT2D eigenvalue weighted by Crippen LogP contribution is 2.08. The third-order valence-corrected chi connectivity index (χ3v) is 1.99. The lowest BCUT2D eigenvalue weighted by Crippen LogP contribution is -2.08. The summed E-state index contributed by atoms with van der Waals surface area (Å²) in [6, 6.07) is 9.83. The van der Waals surface area contributed by atoms with Gasteiger partial charge in [0.05, 0.1) is 18.5 Å². The van der Waals surface area contributed by atoms with Crippen molar-refractivity contribution in [2.75, 3.05) is 0 Å². The molecule has 2 rings (SSSR count). The van der Waals surface area contributed by atoms with Crippen LogP contribution in [-0.4, -0.2) is 15.0 Å². The minimum atomic E-state index is -0.0585. The molecule has 0 aliphatic heterocycles. The van der Waals surface area contributed by atoms with Crippen molar-refractivity contribution in [3.63, 3.8) is 0 Å². The van der Waals surface area contributed by atoms with Crippen LogP contribution in [0.3, 0.4) is 0 Å². The molecule has 0 bridgehead atoms. The van der Waals surface area contributed by atoms with Crippen LogP contribution in [0.15, 0.2) is 24.3 Å². The van der Waals surface area contributed by atoms with Crippen LogP contribution in [0.4, 0.5) is 0 Å². The lowest BCUT2D eigenvalue weighted by molar-refractivity contribution is 0.478. The third-order valence-electron chi connectivity index (χ3n) is 1.99. The van der Waals surface area contributed by atoms with E-state index in [0.717, 1.165) is 11.0 Å². The molecule has 2 aromatic rings. The number of rotatable bonds is 2. The second-order valence-electron chi connectivity index (χ2n) is 3.27. The molecule has 0 radical (unpaired) electrons. The molecule has 0 amide bonds. The molecule has 0 aliphatic carbocycles. The first-order chi connectivity index (χ1) is 6.79. The van der Waals surface area contributed by atoms with Gasteiger partial charge in [0, 0.05) is 0 Å². The summed E-state index contributed by atoms with van der Waals surface area (Å²) in [5.41, 5.74) is 1.75. The fourth-order valence-electron chi connectivity index (χ4n) is 1.27. The Kier molecular flexibility index (Phi) is 2.15. The lowest BCUT2D eigenvalue weighted by Gasteiger charge is -1.98. The zero-order valence-electron chi connectivity index (χ0n) is 7.88. The van der Waals surface area contributed by atoms with E-state index >= 15 is 0 Å². The van der Waals surface area contributed by atoms with Gasteiger partial charge in [0.25, 0.3) is 0 Å². The van der Waals surface area contributed by atoms with E-state index in [2.05, 4.69) is 16.3 Å². The van der Waals surface area contributed by atoms with E-state index in [1.807, 2.05) is 31.2 Å². The van der Waals surface area contributed by atoms with Crippen LogP contribution in [0.5, 0.6) is 0 Å². The van der Waals surface area contributed by atoms with Crippen LogP contribution in [0, 0.1) is 17.2 Å². The van der Waals surface area contributed by atoms with E-state index in [1.165, 1.54) is 0 Å². The van der Waals surface area contributed by atoms with Crippen molar-refractivity contribution in [1.29, 1.82) is 5.26 Å². The van der Waals surface area contributed by atoms with Crippen molar-refractivity contribution in [2.45, 2.75) is 13.5 Å². The Morgan fingerprint density at radius 1 is 1.36 bits per heavy atom. The number of aromatic nitrogens is 3. The van der Waals surface area contributed by atoms with Crippen LogP contribution in [0.1, 0.15) is 6.92 Å². The van der Waals surface area contributed by atoms with Gasteiger partial charge in [-0.25, -0.2) is 0 Å². The molecular weight excluding hydrogens is 176 g/mol. The van der Waals surface area contributed by atoms with Crippen molar-refractivity contribution in [1.82, 2.24) is 15.0 Å². The van der Waals surface area contributed by atoms with Gasteiger partial charge in [-0.05, 0) is 19.1 Å². The quantitative estimate of drug-likeness (QED) is 0.715. The highest BCUT2D eigenvalue weighted by atomic mass is 15.5. The van der Waals surface area contributed by atoms with Crippen molar-refractivity contribution >= 4 is 11.0 Å². The van der Waals surface area contributed by atoms with E-state index in [1.54, 1.807) is 4.80 Å².